The summed E-state index contributed by atoms with van der Waals surface area (Å²) in [5.41, 5.74) is -0.322. The highest BCUT2D eigenvalue weighted by Gasteiger charge is 2.33. The molecular weight excluding hydrogens is 403 g/mol. The van der Waals surface area contributed by atoms with Gasteiger partial charge >= 0.3 is 6.18 Å². The number of likely N-dealkylation sites (tertiary alicyclic amines) is 1. The molecule has 2 amide bonds. The van der Waals surface area contributed by atoms with Crippen LogP contribution in [0.1, 0.15) is 28.8 Å². The van der Waals surface area contributed by atoms with Crippen molar-refractivity contribution in [2.45, 2.75) is 19.0 Å². The molecule has 0 radical (unpaired) electrons. The Morgan fingerprint density at radius 1 is 1.17 bits per heavy atom. The Balaban J connectivity index is 1.73. The maximum absolute atomic E-state index is 13.2. The Kier molecular flexibility index (Phi) is 4.99. The first kappa shape index (κ1) is 19.4. The Labute approximate surface area is 168 Å². The molecule has 9 heteroatoms. The summed E-state index contributed by atoms with van der Waals surface area (Å²) < 4.78 is 40.1. The van der Waals surface area contributed by atoms with E-state index in [4.69, 9.17) is 0 Å². The first-order chi connectivity index (χ1) is 13.8. The number of nitrogens with zero attached hydrogens (tertiary/aromatic N) is 3. The van der Waals surface area contributed by atoms with Gasteiger partial charge in [-0.2, -0.15) is 13.2 Å². The summed E-state index contributed by atoms with van der Waals surface area (Å²) in [5.74, 6) is -0.720. The topological polar surface area (TPSA) is 53.5 Å². The van der Waals surface area contributed by atoms with Gasteiger partial charge in [0.05, 0.1) is 15.8 Å². The predicted octanol–water partition coefficient (Wildman–Crippen LogP) is 4.54. The highest BCUT2D eigenvalue weighted by Crippen LogP contribution is 2.32. The smallest absolute Gasteiger partial charge is 0.324 e. The van der Waals surface area contributed by atoms with Crippen LogP contribution in [0.3, 0.4) is 0 Å². The molecule has 1 fully saturated rings. The highest BCUT2D eigenvalue weighted by atomic mass is 32.1. The monoisotopic (exact) mass is 419 g/mol. The van der Waals surface area contributed by atoms with Crippen molar-refractivity contribution in [3.05, 3.63) is 59.7 Å². The van der Waals surface area contributed by atoms with Crippen molar-refractivity contribution in [3.63, 3.8) is 0 Å². The fourth-order valence-corrected chi connectivity index (χ4v) is 4.15. The number of halogens is 3. The van der Waals surface area contributed by atoms with Gasteiger partial charge in [0.15, 0.2) is 5.13 Å². The summed E-state index contributed by atoms with van der Waals surface area (Å²) in [7, 11) is 0. The molecule has 2 aromatic carbocycles. The maximum atomic E-state index is 13.2. The summed E-state index contributed by atoms with van der Waals surface area (Å²) >= 11 is 1.26. The second kappa shape index (κ2) is 7.47. The first-order valence-corrected chi connectivity index (χ1v) is 9.77. The third kappa shape index (κ3) is 3.95. The molecule has 3 aromatic rings. The average Bonchev–Trinajstić information content (AvgIpc) is 3.30. The van der Waals surface area contributed by atoms with Crippen LogP contribution in [0.5, 0.6) is 0 Å². The number of hydrogen-bond donors (Lipinski definition) is 0. The van der Waals surface area contributed by atoms with Crippen LogP contribution in [0.4, 0.5) is 18.3 Å². The van der Waals surface area contributed by atoms with Crippen molar-refractivity contribution >= 4 is 38.5 Å². The van der Waals surface area contributed by atoms with Gasteiger partial charge in [-0.3, -0.25) is 14.5 Å². The van der Waals surface area contributed by atoms with Crippen molar-refractivity contribution in [2.75, 3.05) is 18.1 Å². The van der Waals surface area contributed by atoms with Crippen LogP contribution in [0, 0.1) is 0 Å². The zero-order chi connectivity index (χ0) is 20.6. The van der Waals surface area contributed by atoms with E-state index in [-0.39, 0.29) is 18.1 Å². The number of thiazole rings is 1. The van der Waals surface area contributed by atoms with Gasteiger partial charge in [0, 0.05) is 18.5 Å². The molecule has 4 rings (SSSR count). The fraction of sp³-hybridized carbons (Fsp3) is 0.250. The number of carbonyl (C=O) groups excluding carboxylic acids is 2. The Hall–Kier alpha value is -2.94. The molecule has 0 spiro atoms. The lowest BCUT2D eigenvalue weighted by atomic mass is 10.1. The standard InChI is InChI=1S/C20H16F3N3O2S/c21-20(22,23)14-6-3-5-13(11-14)18(28)26(12-25-10-4-9-17(25)27)19-24-15-7-1-2-8-16(15)29-19/h1-3,5-8,11H,4,9-10,12H2. The number of para-hydroxylation sites is 1. The zero-order valence-corrected chi connectivity index (χ0v) is 16.0. The molecule has 0 bridgehead atoms. The maximum Gasteiger partial charge on any atom is 0.416 e. The van der Waals surface area contributed by atoms with Gasteiger partial charge in [-0.15, -0.1) is 0 Å². The second-order valence-corrected chi connectivity index (χ2v) is 7.69. The summed E-state index contributed by atoms with van der Waals surface area (Å²) in [6.45, 7) is 0.448. The van der Waals surface area contributed by atoms with Crippen molar-refractivity contribution in [1.29, 1.82) is 0 Å². The number of anilines is 1. The van der Waals surface area contributed by atoms with Gasteiger partial charge in [0.1, 0.15) is 6.67 Å². The molecular formula is C20H16F3N3O2S. The minimum atomic E-state index is -4.55. The van der Waals surface area contributed by atoms with Crippen molar-refractivity contribution in [3.8, 4) is 0 Å². The van der Waals surface area contributed by atoms with Crippen LogP contribution < -0.4 is 4.90 Å². The molecule has 29 heavy (non-hydrogen) atoms. The Bertz CT molecular complexity index is 1050. The van der Waals surface area contributed by atoms with Gasteiger partial charge in [-0.1, -0.05) is 29.5 Å². The van der Waals surface area contributed by atoms with Crippen molar-refractivity contribution in [2.24, 2.45) is 0 Å². The summed E-state index contributed by atoms with van der Waals surface area (Å²) in [6, 6.07) is 11.6. The van der Waals surface area contributed by atoms with E-state index in [1.165, 1.54) is 33.3 Å². The summed E-state index contributed by atoms with van der Waals surface area (Å²) in [6.07, 6.45) is -3.47. The van der Waals surface area contributed by atoms with E-state index in [1.807, 2.05) is 18.2 Å². The molecule has 1 aliphatic heterocycles. The van der Waals surface area contributed by atoms with E-state index >= 15 is 0 Å². The van der Waals surface area contributed by atoms with Gasteiger partial charge in [0.2, 0.25) is 5.91 Å². The summed E-state index contributed by atoms with van der Waals surface area (Å²) in [4.78, 5) is 32.5. The third-order valence-electron chi connectivity index (χ3n) is 4.68. The number of fused-ring (bicyclic) bond motifs is 1. The number of aromatic nitrogens is 1. The van der Waals surface area contributed by atoms with Gasteiger partial charge in [0.25, 0.3) is 5.91 Å². The third-order valence-corrected chi connectivity index (χ3v) is 5.74. The van der Waals surface area contributed by atoms with Crippen molar-refractivity contribution < 1.29 is 22.8 Å². The van der Waals surface area contributed by atoms with E-state index in [0.717, 1.165) is 16.8 Å². The molecule has 1 aliphatic rings. The van der Waals surface area contributed by atoms with Crippen LogP contribution in [0.2, 0.25) is 0 Å². The lowest BCUT2D eigenvalue weighted by Gasteiger charge is -2.26. The fourth-order valence-electron chi connectivity index (χ4n) is 3.20. The number of carbonyl (C=O) groups is 2. The number of amides is 2. The second-order valence-electron chi connectivity index (χ2n) is 6.68. The Morgan fingerprint density at radius 3 is 2.66 bits per heavy atom. The van der Waals surface area contributed by atoms with Gasteiger partial charge in [-0.25, -0.2) is 4.98 Å². The SMILES string of the molecule is O=C1CCCN1CN(C(=O)c1cccc(C(F)(F)F)c1)c1nc2ccccc2s1. The van der Waals surface area contributed by atoms with E-state index in [1.54, 1.807) is 6.07 Å². The average molecular weight is 419 g/mol. The molecule has 5 nitrogen and oxygen atoms in total. The Morgan fingerprint density at radius 2 is 1.97 bits per heavy atom. The number of alkyl halides is 3. The van der Waals surface area contributed by atoms with Crippen molar-refractivity contribution in [1.82, 2.24) is 9.88 Å². The number of benzene rings is 2. The van der Waals surface area contributed by atoms with E-state index in [2.05, 4.69) is 4.98 Å². The van der Waals surface area contributed by atoms with Crippen LogP contribution in [-0.4, -0.2) is 34.9 Å². The largest absolute Gasteiger partial charge is 0.416 e. The predicted molar refractivity (Wildman–Crippen MR) is 104 cm³/mol. The lowest BCUT2D eigenvalue weighted by Crippen LogP contribution is -2.42. The van der Waals surface area contributed by atoms with Gasteiger partial charge < -0.3 is 4.90 Å². The van der Waals surface area contributed by atoms with E-state index in [0.29, 0.717) is 30.0 Å². The molecule has 0 N–H and O–H groups in total. The lowest BCUT2D eigenvalue weighted by molar-refractivity contribution is -0.137. The summed E-state index contributed by atoms with van der Waals surface area (Å²) in [5, 5.41) is 0.341. The quantitative estimate of drug-likeness (QED) is 0.624. The highest BCUT2D eigenvalue weighted by molar-refractivity contribution is 7.22. The van der Waals surface area contributed by atoms with Crippen LogP contribution >= 0.6 is 11.3 Å². The van der Waals surface area contributed by atoms with Crippen LogP contribution in [0.25, 0.3) is 10.2 Å². The van der Waals surface area contributed by atoms with Crippen LogP contribution in [-0.2, 0) is 11.0 Å². The van der Waals surface area contributed by atoms with E-state index in [9.17, 15) is 22.8 Å². The van der Waals surface area contributed by atoms with Crippen LogP contribution in [0.15, 0.2) is 48.5 Å². The first-order valence-electron chi connectivity index (χ1n) is 8.95. The molecule has 0 unspecified atom stereocenters. The number of hydrogen-bond acceptors (Lipinski definition) is 4. The molecule has 150 valence electrons. The molecule has 1 aromatic heterocycles. The normalized spacial score (nSPS) is 14.6. The molecule has 0 aliphatic carbocycles. The minimum Gasteiger partial charge on any atom is -0.324 e. The van der Waals surface area contributed by atoms with E-state index < -0.39 is 17.6 Å². The molecule has 1 saturated heterocycles. The molecule has 2 heterocycles. The van der Waals surface area contributed by atoms with Gasteiger partial charge in [-0.05, 0) is 36.8 Å². The molecule has 0 atom stereocenters. The number of rotatable bonds is 4. The zero-order valence-electron chi connectivity index (χ0n) is 15.1. The minimum absolute atomic E-state index is 0.0479. The molecule has 0 saturated carbocycles.